The van der Waals surface area contributed by atoms with E-state index in [-0.39, 0.29) is 0 Å². The molecule has 3 heterocycles. The summed E-state index contributed by atoms with van der Waals surface area (Å²) in [5, 5.41) is 8.08. The molecule has 5 nitrogen and oxygen atoms in total. The largest absolute Gasteiger partial charge is 0.456 e. The van der Waals surface area contributed by atoms with Gasteiger partial charge >= 0.3 is 0 Å². The molecule has 1 aliphatic heterocycles. The van der Waals surface area contributed by atoms with Gasteiger partial charge in [0.05, 0.1) is 11.0 Å². The zero-order chi connectivity index (χ0) is 37.0. The van der Waals surface area contributed by atoms with E-state index in [4.69, 9.17) is 14.4 Å². The van der Waals surface area contributed by atoms with Crippen molar-refractivity contribution in [3.8, 4) is 27.9 Å². The van der Waals surface area contributed by atoms with Gasteiger partial charge in [0, 0.05) is 43.9 Å². The topological polar surface area (TPSA) is 54.8 Å². The van der Waals surface area contributed by atoms with Crippen LogP contribution in [-0.2, 0) is 0 Å². The van der Waals surface area contributed by atoms with Crippen molar-refractivity contribution >= 4 is 55.4 Å². The molecule has 0 saturated carbocycles. The maximum atomic E-state index is 6.46. The molecule has 0 fully saturated rings. The first kappa shape index (κ1) is 32.0. The fourth-order valence-corrected chi connectivity index (χ4v) is 8.19. The zero-order valence-electron chi connectivity index (χ0n) is 30.3. The minimum atomic E-state index is -0.465. The Morgan fingerprint density at radius 3 is 1.64 bits per heavy atom. The van der Waals surface area contributed by atoms with Gasteiger partial charge in [0.2, 0.25) is 0 Å². The zero-order valence-corrected chi connectivity index (χ0v) is 30.3. The first-order chi connectivity index (χ1) is 27.7. The van der Waals surface area contributed by atoms with E-state index in [0.717, 1.165) is 67.1 Å². The minimum Gasteiger partial charge on any atom is -0.456 e. The molecule has 0 atom stereocenters. The molecular weight excluding hydrogens is 685 g/mol. The van der Waals surface area contributed by atoms with Crippen LogP contribution in [-0.4, -0.2) is 16.2 Å². The fourth-order valence-electron chi connectivity index (χ4n) is 8.19. The van der Waals surface area contributed by atoms with E-state index < -0.39 is 6.17 Å². The van der Waals surface area contributed by atoms with Crippen LogP contribution in [0.2, 0.25) is 0 Å². The minimum absolute atomic E-state index is 0.465. The lowest BCUT2D eigenvalue weighted by atomic mass is 9.97. The van der Waals surface area contributed by atoms with E-state index in [9.17, 15) is 0 Å². The predicted molar refractivity (Wildman–Crippen MR) is 231 cm³/mol. The molecule has 264 valence electrons. The van der Waals surface area contributed by atoms with Gasteiger partial charge in [-0.2, -0.15) is 0 Å². The number of hydrogen-bond donors (Lipinski definition) is 1. The van der Waals surface area contributed by atoms with E-state index in [1.807, 2.05) is 48.5 Å². The molecule has 1 N–H and O–H groups in total. The Kier molecular flexibility index (Phi) is 7.49. The Morgan fingerprint density at radius 1 is 0.411 bits per heavy atom. The van der Waals surface area contributed by atoms with Crippen molar-refractivity contribution < 1.29 is 4.42 Å². The van der Waals surface area contributed by atoms with Gasteiger partial charge in [0.15, 0.2) is 6.17 Å². The molecule has 0 radical (unpaired) electrons. The first-order valence-electron chi connectivity index (χ1n) is 18.9. The Balaban J connectivity index is 0.979. The second-order valence-electron chi connectivity index (χ2n) is 14.2. The van der Waals surface area contributed by atoms with E-state index in [1.54, 1.807) is 0 Å². The van der Waals surface area contributed by atoms with E-state index in [0.29, 0.717) is 0 Å². The van der Waals surface area contributed by atoms with Crippen LogP contribution < -0.4 is 5.32 Å². The van der Waals surface area contributed by atoms with Crippen LogP contribution in [0.25, 0.3) is 71.7 Å². The number of amidine groups is 2. The number of nitrogens with one attached hydrogen (secondary N) is 1. The normalized spacial score (nSPS) is 13.3. The molecule has 56 heavy (non-hydrogen) atoms. The lowest BCUT2D eigenvalue weighted by Gasteiger charge is -2.22. The number of rotatable bonds is 6. The third-order valence-electron chi connectivity index (χ3n) is 10.9. The molecule has 5 heteroatoms. The monoisotopic (exact) mass is 718 g/mol. The van der Waals surface area contributed by atoms with Crippen molar-refractivity contribution in [2.75, 3.05) is 0 Å². The molecule has 0 bridgehead atoms. The highest BCUT2D eigenvalue weighted by Gasteiger charge is 2.24. The van der Waals surface area contributed by atoms with Crippen molar-refractivity contribution in [1.82, 2.24) is 9.88 Å². The summed E-state index contributed by atoms with van der Waals surface area (Å²) in [5.41, 5.74) is 12.9. The molecule has 0 saturated heterocycles. The van der Waals surface area contributed by atoms with Crippen molar-refractivity contribution in [1.29, 1.82) is 0 Å². The third-order valence-corrected chi connectivity index (χ3v) is 10.9. The second kappa shape index (κ2) is 13.1. The molecule has 0 spiro atoms. The van der Waals surface area contributed by atoms with Gasteiger partial charge in [-0.05, 0) is 70.8 Å². The van der Waals surface area contributed by atoms with Crippen LogP contribution in [0.3, 0.4) is 0 Å². The summed E-state index contributed by atoms with van der Waals surface area (Å²) in [6, 6.07) is 68.1. The summed E-state index contributed by atoms with van der Waals surface area (Å²) in [5.74, 6) is 1.58. The fraction of sp³-hybridized carbons (Fsp3) is 0.0196. The van der Waals surface area contributed by atoms with Crippen LogP contribution >= 0.6 is 0 Å². The van der Waals surface area contributed by atoms with Crippen LogP contribution in [0.1, 0.15) is 22.9 Å². The average Bonchev–Trinajstić information content (AvgIpc) is 3.82. The maximum absolute atomic E-state index is 6.46. The Morgan fingerprint density at radius 2 is 0.964 bits per heavy atom. The van der Waals surface area contributed by atoms with Crippen LogP contribution in [0.15, 0.2) is 209 Å². The van der Waals surface area contributed by atoms with Crippen molar-refractivity contribution in [2.45, 2.75) is 6.17 Å². The van der Waals surface area contributed by atoms with E-state index in [2.05, 4.69) is 155 Å². The van der Waals surface area contributed by atoms with Gasteiger partial charge < -0.3 is 14.3 Å². The van der Waals surface area contributed by atoms with Crippen molar-refractivity contribution in [3.05, 3.63) is 211 Å². The lowest BCUT2D eigenvalue weighted by Crippen LogP contribution is -2.36. The molecule has 2 aromatic heterocycles. The molecule has 11 rings (SSSR count). The number of aliphatic imine (C=N–C) groups is 2. The summed E-state index contributed by atoms with van der Waals surface area (Å²) in [6.45, 7) is 0. The number of nitrogens with zero attached hydrogens (tertiary/aromatic N) is 3. The smallest absolute Gasteiger partial charge is 0.170 e. The summed E-state index contributed by atoms with van der Waals surface area (Å²) in [7, 11) is 0. The predicted octanol–water partition coefficient (Wildman–Crippen LogP) is 12.5. The Bertz CT molecular complexity index is 3090. The summed E-state index contributed by atoms with van der Waals surface area (Å²) in [4.78, 5) is 10.4. The van der Waals surface area contributed by atoms with Gasteiger partial charge in [-0.25, -0.2) is 9.98 Å². The number of fused-ring (bicyclic) bond motifs is 6. The summed E-state index contributed by atoms with van der Waals surface area (Å²) in [6.07, 6.45) is -0.465. The van der Waals surface area contributed by atoms with Gasteiger partial charge in [-0.15, -0.1) is 0 Å². The van der Waals surface area contributed by atoms with Crippen molar-refractivity contribution in [3.63, 3.8) is 0 Å². The molecule has 1 aliphatic rings. The first-order valence-corrected chi connectivity index (χ1v) is 18.9. The number of hydrogen-bond acceptors (Lipinski definition) is 4. The van der Waals surface area contributed by atoms with Gasteiger partial charge in [0.1, 0.15) is 22.8 Å². The lowest BCUT2D eigenvalue weighted by molar-refractivity contribution is 0.667. The quantitative estimate of drug-likeness (QED) is 0.186. The maximum Gasteiger partial charge on any atom is 0.170 e. The van der Waals surface area contributed by atoms with E-state index >= 15 is 0 Å². The number of furan rings is 1. The average molecular weight is 719 g/mol. The molecule has 10 aromatic rings. The number of aromatic nitrogens is 1. The van der Waals surface area contributed by atoms with Crippen LogP contribution in [0, 0.1) is 0 Å². The second-order valence-corrected chi connectivity index (χ2v) is 14.2. The standard InChI is InChI=1S/C51H34N4O/c1-4-13-35(14-5-1)49-52-50(36-15-6-2-7-16-36)54-51(53-49)41-20-12-22-47-48(41)43-32-38(28-30-46(43)56-47)34-25-23-33(24-26-34)37-27-29-45-42(31-37)40-19-10-11-21-44(40)55(45)39-17-8-3-9-18-39/h1-32,51H,(H,52,53,54). The highest BCUT2D eigenvalue weighted by molar-refractivity contribution is 6.16. The highest BCUT2D eigenvalue weighted by atomic mass is 16.3. The molecular formula is C51H34N4O. The molecule has 0 amide bonds. The molecule has 8 aromatic carbocycles. The summed E-state index contributed by atoms with van der Waals surface area (Å²) < 4.78 is 8.81. The number of benzene rings is 8. The molecule has 0 unspecified atom stereocenters. The Hall–Kier alpha value is -7.50. The van der Waals surface area contributed by atoms with Crippen LogP contribution in [0.5, 0.6) is 0 Å². The van der Waals surface area contributed by atoms with Crippen LogP contribution in [0.4, 0.5) is 0 Å². The highest BCUT2D eigenvalue weighted by Crippen LogP contribution is 2.40. The van der Waals surface area contributed by atoms with Crippen molar-refractivity contribution in [2.24, 2.45) is 9.98 Å². The molecule has 0 aliphatic carbocycles. The Labute approximate surface area is 323 Å². The SMILES string of the molecule is c1ccc(C2=NC(c3cccc4oc5ccc(-c6ccc(-c7ccc8c(c7)c7ccccc7n8-c7ccccc7)cc6)cc5c34)N=C(c3ccccc3)N2)cc1. The van der Waals surface area contributed by atoms with E-state index in [1.165, 1.54) is 32.9 Å². The number of para-hydroxylation sites is 2. The van der Waals surface area contributed by atoms with Gasteiger partial charge in [-0.1, -0.05) is 146 Å². The third kappa shape index (κ3) is 5.40. The van der Waals surface area contributed by atoms with Gasteiger partial charge in [-0.3, -0.25) is 0 Å². The summed E-state index contributed by atoms with van der Waals surface area (Å²) >= 11 is 0. The van der Waals surface area contributed by atoms with Gasteiger partial charge in [0.25, 0.3) is 0 Å².